The molecule has 136 valence electrons. The molecule has 0 aliphatic carbocycles. The highest BCUT2D eigenvalue weighted by molar-refractivity contribution is 7.11. The van der Waals surface area contributed by atoms with Crippen molar-refractivity contribution in [3.8, 4) is 11.5 Å². The lowest BCUT2D eigenvalue weighted by molar-refractivity contribution is -0.0342. The lowest BCUT2D eigenvalue weighted by Crippen LogP contribution is -2.43. The van der Waals surface area contributed by atoms with E-state index in [4.69, 9.17) is 21.1 Å². The van der Waals surface area contributed by atoms with Crippen LogP contribution in [-0.4, -0.2) is 12.1 Å². The van der Waals surface area contributed by atoms with Gasteiger partial charge >= 0.3 is 0 Å². The Morgan fingerprint density at radius 1 is 1.15 bits per heavy atom. The Kier molecular flexibility index (Phi) is 4.08. The molecular weight excluding hydrogens is 380 g/mol. The molecular formula is C21H17ClN2O2S. The van der Waals surface area contributed by atoms with Gasteiger partial charge in [0.2, 0.25) is 0 Å². The zero-order valence-electron chi connectivity index (χ0n) is 14.6. The van der Waals surface area contributed by atoms with E-state index in [1.54, 1.807) is 18.4 Å². The monoisotopic (exact) mass is 396 g/mol. The maximum absolute atomic E-state index is 6.42. The first kappa shape index (κ1) is 16.7. The summed E-state index contributed by atoms with van der Waals surface area (Å²) >= 11 is 7.96. The lowest BCUT2D eigenvalue weighted by atomic mass is 10.0. The van der Waals surface area contributed by atoms with Crippen LogP contribution in [0.1, 0.15) is 28.3 Å². The predicted octanol–water partition coefficient (Wildman–Crippen LogP) is 5.40. The Bertz CT molecular complexity index is 1020. The highest BCUT2D eigenvalue weighted by Crippen LogP contribution is 2.49. The van der Waals surface area contributed by atoms with Crippen molar-refractivity contribution in [2.45, 2.75) is 12.3 Å². The van der Waals surface area contributed by atoms with Gasteiger partial charge < -0.3 is 14.9 Å². The third-order valence-electron chi connectivity index (χ3n) is 4.82. The summed E-state index contributed by atoms with van der Waals surface area (Å²) < 4.78 is 12.0. The molecule has 2 atom stereocenters. The zero-order chi connectivity index (χ0) is 18.4. The molecule has 3 heterocycles. The second-order valence-electron chi connectivity index (χ2n) is 6.43. The maximum atomic E-state index is 6.42. The lowest BCUT2D eigenvalue weighted by Gasteiger charge is -2.39. The van der Waals surface area contributed by atoms with Gasteiger partial charge in [-0.15, -0.1) is 11.3 Å². The van der Waals surface area contributed by atoms with E-state index in [0.29, 0.717) is 5.02 Å². The molecule has 27 heavy (non-hydrogen) atoms. The van der Waals surface area contributed by atoms with Crippen LogP contribution in [0.2, 0.25) is 5.02 Å². The summed E-state index contributed by atoms with van der Waals surface area (Å²) in [5, 5.41) is 4.89. The molecule has 6 heteroatoms. The second-order valence-corrected chi connectivity index (χ2v) is 7.81. The molecule has 0 bridgehead atoms. The molecule has 0 radical (unpaired) electrons. The third kappa shape index (κ3) is 2.79. The Morgan fingerprint density at radius 3 is 2.81 bits per heavy atom. The molecule has 0 saturated carbocycles. The molecule has 0 spiro atoms. The highest BCUT2D eigenvalue weighted by Gasteiger charge is 2.41. The number of rotatable bonds is 3. The van der Waals surface area contributed by atoms with Crippen LogP contribution in [0.4, 0.5) is 0 Å². The van der Waals surface area contributed by atoms with E-state index in [0.717, 1.165) is 28.3 Å². The number of para-hydroxylation sites is 1. The van der Waals surface area contributed by atoms with E-state index in [-0.39, 0.29) is 12.3 Å². The van der Waals surface area contributed by atoms with Gasteiger partial charge in [0, 0.05) is 16.1 Å². The molecule has 5 rings (SSSR count). The average molecular weight is 397 g/mol. The molecule has 1 N–H and O–H groups in total. The van der Waals surface area contributed by atoms with E-state index in [2.05, 4.69) is 40.1 Å². The first-order valence-corrected chi connectivity index (χ1v) is 9.90. The number of halogens is 1. The number of benzene rings is 2. The summed E-state index contributed by atoms with van der Waals surface area (Å²) in [5.74, 6) is 1.51. The summed E-state index contributed by atoms with van der Waals surface area (Å²) in [6.07, 6.45) is 1.91. The molecule has 2 aliphatic rings. The molecule has 0 fully saturated rings. The SMILES string of the molecule is COc1cccc2c1OC(c1cccc(Cl)c1)N1NC(c3cccs3)=CC21. The maximum Gasteiger partial charge on any atom is 0.196 e. The minimum atomic E-state index is -0.328. The summed E-state index contributed by atoms with van der Waals surface area (Å²) in [6.45, 7) is 0. The largest absolute Gasteiger partial charge is 0.493 e. The second kappa shape index (κ2) is 6.60. The number of nitrogens with one attached hydrogen (secondary N) is 1. The average Bonchev–Trinajstić information content (AvgIpc) is 3.36. The molecule has 1 aromatic heterocycles. The fraction of sp³-hybridized carbons (Fsp3) is 0.143. The summed E-state index contributed by atoms with van der Waals surface area (Å²) in [6, 6.07) is 18.0. The van der Waals surface area contributed by atoms with Gasteiger partial charge in [0.25, 0.3) is 0 Å². The Balaban J connectivity index is 1.64. The minimum Gasteiger partial charge on any atom is -0.493 e. The van der Waals surface area contributed by atoms with Crippen molar-refractivity contribution < 1.29 is 9.47 Å². The number of hydrazine groups is 1. The topological polar surface area (TPSA) is 33.7 Å². The first-order valence-electron chi connectivity index (χ1n) is 8.64. The number of thiophene rings is 1. The Labute approximate surface area is 166 Å². The van der Waals surface area contributed by atoms with Gasteiger partial charge in [0.05, 0.1) is 23.7 Å². The number of fused-ring (bicyclic) bond motifs is 3. The van der Waals surface area contributed by atoms with Crippen LogP contribution in [-0.2, 0) is 0 Å². The van der Waals surface area contributed by atoms with Crippen LogP contribution in [0.15, 0.2) is 66.1 Å². The number of hydrogen-bond donors (Lipinski definition) is 1. The van der Waals surface area contributed by atoms with Crippen LogP contribution in [0.25, 0.3) is 5.70 Å². The molecule has 2 aromatic carbocycles. The number of nitrogens with zero attached hydrogens (tertiary/aromatic N) is 1. The van der Waals surface area contributed by atoms with Crippen molar-refractivity contribution in [2.24, 2.45) is 0 Å². The van der Waals surface area contributed by atoms with Crippen molar-refractivity contribution >= 4 is 28.6 Å². The predicted molar refractivity (Wildman–Crippen MR) is 108 cm³/mol. The molecule has 0 amide bonds. The number of methoxy groups -OCH3 is 1. The molecule has 2 aliphatic heterocycles. The fourth-order valence-corrected chi connectivity index (χ4v) is 4.51. The van der Waals surface area contributed by atoms with Crippen molar-refractivity contribution in [3.63, 3.8) is 0 Å². The van der Waals surface area contributed by atoms with E-state index in [1.807, 2.05) is 36.4 Å². The van der Waals surface area contributed by atoms with Gasteiger partial charge in [-0.2, -0.15) is 5.01 Å². The number of ether oxygens (including phenoxy) is 2. The Hall–Kier alpha value is -2.47. The highest BCUT2D eigenvalue weighted by atomic mass is 35.5. The Morgan fingerprint density at radius 2 is 2.04 bits per heavy atom. The van der Waals surface area contributed by atoms with Crippen LogP contribution in [0.5, 0.6) is 11.5 Å². The molecule has 0 saturated heterocycles. The zero-order valence-corrected chi connectivity index (χ0v) is 16.1. The van der Waals surface area contributed by atoms with Gasteiger partial charge in [0.15, 0.2) is 17.7 Å². The van der Waals surface area contributed by atoms with Gasteiger partial charge in [-0.05, 0) is 35.7 Å². The summed E-state index contributed by atoms with van der Waals surface area (Å²) in [7, 11) is 1.67. The fourth-order valence-electron chi connectivity index (χ4n) is 3.61. The third-order valence-corrected chi connectivity index (χ3v) is 5.96. The normalized spacial score (nSPS) is 20.9. The minimum absolute atomic E-state index is 0.0323. The van der Waals surface area contributed by atoms with Crippen molar-refractivity contribution in [1.29, 1.82) is 0 Å². The van der Waals surface area contributed by atoms with Crippen LogP contribution in [0, 0.1) is 0 Å². The first-order chi connectivity index (χ1) is 13.2. The van der Waals surface area contributed by atoms with Crippen molar-refractivity contribution in [2.75, 3.05) is 7.11 Å². The standard InChI is InChI=1S/C21H17ClN2O2S/c1-25-18-8-3-7-15-17-12-16(19-9-4-10-27-19)23-24(17)21(26-20(15)18)13-5-2-6-14(22)11-13/h2-12,17,21,23H,1H3. The summed E-state index contributed by atoms with van der Waals surface area (Å²) in [5.41, 5.74) is 6.68. The van der Waals surface area contributed by atoms with Crippen molar-refractivity contribution in [3.05, 3.63) is 87.1 Å². The quantitative estimate of drug-likeness (QED) is 0.642. The van der Waals surface area contributed by atoms with Gasteiger partial charge in [-0.1, -0.05) is 41.9 Å². The number of hydrogen-bond acceptors (Lipinski definition) is 5. The van der Waals surface area contributed by atoms with Gasteiger partial charge in [-0.25, -0.2) is 0 Å². The van der Waals surface area contributed by atoms with E-state index in [1.165, 1.54) is 4.88 Å². The van der Waals surface area contributed by atoms with Crippen LogP contribution in [0.3, 0.4) is 0 Å². The van der Waals surface area contributed by atoms with Gasteiger partial charge in [-0.3, -0.25) is 0 Å². The smallest absolute Gasteiger partial charge is 0.196 e. The molecule has 2 unspecified atom stereocenters. The molecule has 4 nitrogen and oxygen atoms in total. The summed E-state index contributed by atoms with van der Waals surface area (Å²) in [4.78, 5) is 1.19. The molecule has 3 aromatic rings. The van der Waals surface area contributed by atoms with E-state index < -0.39 is 0 Å². The van der Waals surface area contributed by atoms with Gasteiger partial charge in [0.1, 0.15) is 0 Å². The van der Waals surface area contributed by atoms with Crippen molar-refractivity contribution in [1.82, 2.24) is 10.4 Å². The van der Waals surface area contributed by atoms with E-state index >= 15 is 0 Å². The van der Waals surface area contributed by atoms with E-state index in [9.17, 15) is 0 Å². The van der Waals surface area contributed by atoms with Crippen LogP contribution < -0.4 is 14.9 Å². The van der Waals surface area contributed by atoms with Crippen LogP contribution >= 0.6 is 22.9 Å².